The number of thioether (sulfide) groups is 1. The Hall–Kier alpha value is -1.62. The molecule has 2 aromatic rings. The molecule has 1 nitrogen and oxygen atoms in total. The van der Waals surface area contributed by atoms with E-state index in [4.69, 9.17) is 5.73 Å². The Kier molecular flexibility index (Phi) is 4.04. The number of hydrogen-bond donors (Lipinski definition) is 1. The lowest BCUT2D eigenvalue weighted by Crippen LogP contribution is -2.08. The molecule has 0 saturated carbocycles. The lowest BCUT2D eigenvalue weighted by atomic mass is 10.1. The molecule has 0 fully saturated rings. The second-order valence-corrected chi connectivity index (χ2v) is 5.06. The lowest BCUT2D eigenvalue weighted by molar-refractivity contribution is -0.138. The molecule has 0 amide bonds. The van der Waals surface area contributed by atoms with Gasteiger partial charge in [-0.15, -0.1) is 11.8 Å². The van der Waals surface area contributed by atoms with Crippen molar-refractivity contribution in [3.05, 3.63) is 59.7 Å². The summed E-state index contributed by atoms with van der Waals surface area (Å²) in [6.07, 6.45) is -4.31. The monoisotopic (exact) mass is 283 g/mol. The van der Waals surface area contributed by atoms with E-state index >= 15 is 0 Å². The van der Waals surface area contributed by atoms with Gasteiger partial charge < -0.3 is 5.73 Å². The molecule has 0 unspecified atom stereocenters. The van der Waals surface area contributed by atoms with Gasteiger partial charge in [0.1, 0.15) is 0 Å². The summed E-state index contributed by atoms with van der Waals surface area (Å²) in [5.41, 5.74) is 5.94. The van der Waals surface area contributed by atoms with Crippen LogP contribution in [0.1, 0.15) is 11.1 Å². The number of nitrogen functional groups attached to an aromatic ring is 1. The summed E-state index contributed by atoms with van der Waals surface area (Å²) in [4.78, 5) is 0.858. The number of halogens is 3. The molecule has 0 aliphatic carbocycles. The SMILES string of the molecule is Nc1cccc(SCc2ccccc2C(F)(F)F)c1. The maximum atomic E-state index is 12.8. The van der Waals surface area contributed by atoms with Crippen LogP contribution in [-0.2, 0) is 11.9 Å². The van der Waals surface area contributed by atoms with Crippen LogP contribution in [0.5, 0.6) is 0 Å². The van der Waals surface area contributed by atoms with Gasteiger partial charge in [0.15, 0.2) is 0 Å². The minimum absolute atomic E-state index is 0.263. The fraction of sp³-hybridized carbons (Fsp3) is 0.143. The van der Waals surface area contributed by atoms with Gasteiger partial charge in [-0.25, -0.2) is 0 Å². The zero-order valence-electron chi connectivity index (χ0n) is 9.95. The molecular formula is C14H12F3NS. The molecule has 2 rings (SSSR count). The highest BCUT2D eigenvalue weighted by Crippen LogP contribution is 2.34. The maximum Gasteiger partial charge on any atom is 0.416 e. The minimum Gasteiger partial charge on any atom is -0.399 e. The fourth-order valence-corrected chi connectivity index (χ4v) is 2.66. The normalized spacial score (nSPS) is 11.5. The molecule has 100 valence electrons. The van der Waals surface area contributed by atoms with Crippen molar-refractivity contribution in [1.82, 2.24) is 0 Å². The van der Waals surface area contributed by atoms with E-state index < -0.39 is 11.7 Å². The average Bonchev–Trinajstić information content (AvgIpc) is 2.36. The Morgan fingerprint density at radius 3 is 2.42 bits per heavy atom. The van der Waals surface area contributed by atoms with E-state index in [-0.39, 0.29) is 11.3 Å². The van der Waals surface area contributed by atoms with Crippen LogP contribution >= 0.6 is 11.8 Å². The summed E-state index contributed by atoms with van der Waals surface area (Å²) in [7, 11) is 0. The molecule has 0 bridgehead atoms. The molecule has 5 heteroatoms. The lowest BCUT2D eigenvalue weighted by Gasteiger charge is -2.12. The predicted octanol–water partition coefficient (Wildman–Crippen LogP) is 4.58. The quantitative estimate of drug-likeness (QED) is 0.659. The van der Waals surface area contributed by atoms with Gasteiger partial charge in [-0.3, -0.25) is 0 Å². The van der Waals surface area contributed by atoms with Crippen LogP contribution in [0.15, 0.2) is 53.4 Å². The van der Waals surface area contributed by atoms with E-state index in [1.807, 2.05) is 6.07 Å². The fourth-order valence-electron chi connectivity index (χ4n) is 1.69. The largest absolute Gasteiger partial charge is 0.416 e. The van der Waals surface area contributed by atoms with Crippen molar-refractivity contribution >= 4 is 17.4 Å². The van der Waals surface area contributed by atoms with Crippen molar-refractivity contribution in [2.45, 2.75) is 16.8 Å². The predicted molar refractivity (Wildman–Crippen MR) is 71.9 cm³/mol. The van der Waals surface area contributed by atoms with Crippen LogP contribution in [0.4, 0.5) is 18.9 Å². The van der Waals surface area contributed by atoms with E-state index in [0.29, 0.717) is 5.69 Å². The number of hydrogen-bond acceptors (Lipinski definition) is 2. The summed E-state index contributed by atoms with van der Waals surface area (Å²) in [6.45, 7) is 0. The topological polar surface area (TPSA) is 26.0 Å². The van der Waals surface area contributed by atoms with Crippen LogP contribution in [0.2, 0.25) is 0 Å². The number of nitrogens with two attached hydrogens (primary N) is 1. The van der Waals surface area contributed by atoms with Gasteiger partial charge in [0, 0.05) is 16.3 Å². The Bertz CT molecular complexity index is 567. The molecule has 2 N–H and O–H groups in total. The zero-order chi connectivity index (χ0) is 13.9. The van der Waals surface area contributed by atoms with Crippen molar-refractivity contribution in [3.63, 3.8) is 0 Å². The van der Waals surface area contributed by atoms with Gasteiger partial charge in [0.05, 0.1) is 5.56 Å². The first-order chi connectivity index (χ1) is 8.97. The van der Waals surface area contributed by atoms with Crippen LogP contribution in [0.25, 0.3) is 0 Å². The first-order valence-electron chi connectivity index (χ1n) is 5.60. The van der Waals surface area contributed by atoms with Crippen molar-refractivity contribution in [3.8, 4) is 0 Å². The molecule has 0 aliphatic heterocycles. The highest BCUT2D eigenvalue weighted by atomic mass is 32.2. The maximum absolute atomic E-state index is 12.8. The second kappa shape index (κ2) is 5.57. The Morgan fingerprint density at radius 1 is 1.00 bits per heavy atom. The van der Waals surface area contributed by atoms with Gasteiger partial charge >= 0.3 is 6.18 Å². The van der Waals surface area contributed by atoms with Crippen molar-refractivity contribution in [1.29, 1.82) is 0 Å². The number of rotatable bonds is 3. The summed E-state index contributed by atoms with van der Waals surface area (Å²) in [5.74, 6) is 0.263. The third kappa shape index (κ3) is 3.67. The number of anilines is 1. The van der Waals surface area contributed by atoms with E-state index in [1.165, 1.54) is 23.9 Å². The standard InChI is InChI=1S/C14H12F3NS/c15-14(16,17)13-7-2-1-4-10(13)9-19-12-6-3-5-11(18)8-12/h1-8H,9,18H2. The van der Waals surface area contributed by atoms with E-state index in [1.54, 1.807) is 24.3 Å². The van der Waals surface area contributed by atoms with Crippen LogP contribution in [0.3, 0.4) is 0 Å². The summed E-state index contributed by atoms with van der Waals surface area (Å²) < 4.78 is 38.4. The molecular weight excluding hydrogens is 271 g/mol. The van der Waals surface area contributed by atoms with E-state index in [0.717, 1.165) is 11.0 Å². The zero-order valence-corrected chi connectivity index (χ0v) is 10.8. The molecule has 0 aromatic heterocycles. The van der Waals surface area contributed by atoms with Gasteiger partial charge in [0.25, 0.3) is 0 Å². The highest BCUT2D eigenvalue weighted by molar-refractivity contribution is 7.98. The van der Waals surface area contributed by atoms with Crippen LogP contribution < -0.4 is 5.73 Å². The Labute approximate surface area is 113 Å². The first kappa shape index (κ1) is 13.8. The van der Waals surface area contributed by atoms with E-state index in [2.05, 4.69) is 0 Å². The first-order valence-corrected chi connectivity index (χ1v) is 6.59. The summed E-state index contributed by atoms with van der Waals surface area (Å²) >= 11 is 1.34. The van der Waals surface area contributed by atoms with Gasteiger partial charge in [-0.2, -0.15) is 13.2 Å². The molecule has 0 saturated heterocycles. The molecule has 0 radical (unpaired) electrons. The third-order valence-corrected chi connectivity index (χ3v) is 3.62. The summed E-state index contributed by atoms with van der Waals surface area (Å²) in [5, 5.41) is 0. The van der Waals surface area contributed by atoms with E-state index in [9.17, 15) is 13.2 Å². The number of alkyl halides is 3. The summed E-state index contributed by atoms with van der Waals surface area (Å²) in [6, 6.07) is 12.7. The molecule has 0 atom stereocenters. The average molecular weight is 283 g/mol. The molecule has 0 spiro atoms. The van der Waals surface area contributed by atoms with Gasteiger partial charge in [-0.1, -0.05) is 24.3 Å². The van der Waals surface area contributed by atoms with Crippen LogP contribution in [0, 0.1) is 0 Å². The second-order valence-electron chi connectivity index (χ2n) is 4.02. The van der Waals surface area contributed by atoms with Crippen molar-refractivity contribution in [2.75, 3.05) is 5.73 Å². The van der Waals surface area contributed by atoms with Gasteiger partial charge in [0.2, 0.25) is 0 Å². The van der Waals surface area contributed by atoms with Gasteiger partial charge in [-0.05, 0) is 29.8 Å². The number of benzene rings is 2. The van der Waals surface area contributed by atoms with Crippen molar-refractivity contribution in [2.24, 2.45) is 0 Å². The van der Waals surface area contributed by atoms with Crippen LogP contribution in [-0.4, -0.2) is 0 Å². The molecule has 0 aliphatic rings. The van der Waals surface area contributed by atoms with Crippen molar-refractivity contribution < 1.29 is 13.2 Å². The smallest absolute Gasteiger partial charge is 0.399 e. The Morgan fingerprint density at radius 2 is 1.74 bits per heavy atom. The third-order valence-electron chi connectivity index (χ3n) is 2.58. The molecule has 2 aromatic carbocycles. The minimum atomic E-state index is -4.31. The molecule has 19 heavy (non-hydrogen) atoms. The molecule has 0 heterocycles. The highest BCUT2D eigenvalue weighted by Gasteiger charge is 2.32. The Balaban J connectivity index is 2.16.